The van der Waals surface area contributed by atoms with Crippen molar-refractivity contribution in [3.8, 4) is 0 Å². The van der Waals surface area contributed by atoms with E-state index in [-0.39, 0.29) is 11.9 Å². The van der Waals surface area contributed by atoms with Crippen LogP contribution in [0.25, 0.3) is 0 Å². The van der Waals surface area contributed by atoms with E-state index in [1.807, 2.05) is 20.8 Å². The fraction of sp³-hybridized carbons (Fsp3) is 0.667. The van der Waals surface area contributed by atoms with E-state index < -0.39 is 0 Å². The SMILES string of the molecule is CC(C)CC(=O)NC(C)c1ncn[nH]1. The molecule has 0 aliphatic rings. The maximum Gasteiger partial charge on any atom is 0.220 e. The summed E-state index contributed by atoms with van der Waals surface area (Å²) in [5, 5.41) is 9.28. The summed E-state index contributed by atoms with van der Waals surface area (Å²) in [4.78, 5) is 15.4. The lowest BCUT2D eigenvalue weighted by Crippen LogP contribution is -2.28. The van der Waals surface area contributed by atoms with E-state index in [2.05, 4.69) is 20.5 Å². The largest absolute Gasteiger partial charge is 0.346 e. The molecule has 5 nitrogen and oxygen atoms in total. The van der Waals surface area contributed by atoms with Crippen LogP contribution in [0.15, 0.2) is 6.33 Å². The van der Waals surface area contributed by atoms with Gasteiger partial charge in [-0.05, 0) is 12.8 Å². The zero-order valence-corrected chi connectivity index (χ0v) is 8.74. The van der Waals surface area contributed by atoms with Gasteiger partial charge in [0.2, 0.25) is 5.91 Å². The monoisotopic (exact) mass is 196 g/mol. The highest BCUT2D eigenvalue weighted by Gasteiger charge is 2.12. The van der Waals surface area contributed by atoms with E-state index in [9.17, 15) is 4.79 Å². The number of H-pyrrole nitrogens is 1. The van der Waals surface area contributed by atoms with Crippen LogP contribution in [-0.4, -0.2) is 21.1 Å². The minimum absolute atomic E-state index is 0.0453. The van der Waals surface area contributed by atoms with Gasteiger partial charge in [0, 0.05) is 6.42 Å². The number of carbonyl (C=O) groups excluding carboxylic acids is 1. The van der Waals surface area contributed by atoms with Gasteiger partial charge in [0.05, 0.1) is 6.04 Å². The van der Waals surface area contributed by atoms with Crippen LogP contribution < -0.4 is 5.32 Å². The molecule has 5 heteroatoms. The Bertz CT molecular complexity index is 281. The molecule has 0 saturated heterocycles. The molecule has 78 valence electrons. The maximum atomic E-state index is 11.4. The van der Waals surface area contributed by atoms with Gasteiger partial charge >= 0.3 is 0 Å². The van der Waals surface area contributed by atoms with E-state index in [0.717, 1.165) is 0 Å². The average molecular weight is 196 g/mol. The smallest absolute Gasteiger partial charge is 0.220 e. The third-order valence-corrected chi connectivity index (χ3v) is 1.81. The fourth-order valence-corrected chi connectivity index (χ4v) is 1.16. The lowest BCUT2D eigenvalue weighted by atomic mass is 10.1. The molecule has 14 heavy (non-hydrogen) atoms. The molecule has 0 radical (unpaired) electrons. The highest BCUT2D eigenvalue weighted by Crippen LogP contribution is 2.06. The highest BCUT2D eigenvalue weighted by molar-refractivity contribution is 5.76. The summed E-state index contributed by atoms with van der Waals surface area (Å²) in [5.74, 6) is 1.10. The van der Waals surface area contributed by atoms with Crippen molar-refractivity contribution in [3.63, 3.8) is 0 Å². The molecule has 0 saturated carbocycles. The van der Waals surface area contributed by atoms with Crippen LogP contribution in [0, 0.1) is 5.92 Å². The number of amides is 1. The first kappa shape index (κ1) is 10.7. The highest BCUT2D eigenvalue weighted by atomic mass is 16.1. The number of rotatable bonds is 4. The third kappa shape index (κ3) is 3.16. The lowest BCUT2D eigenvalue weighted by molar-refractivity contribution is -0.122. The molecular formula is C9H16N4O. The first-order valence-electron chi connectivity index (χ1n) is 4.74. The molecule has 0 fully saturated rings. The predicted octanol–water partition coefficient (Wildman–Crippen LogP) is 1.03. The molecule has 1 amide bonds. The van der Waals surface area contributed by atoms with Crippen molar-refractivity contribution in [2.75, 3.05) is 0 Å². The number of aromatic amines is 1. The molecule has 1 heterocycles. The van der Waals surface area contributed by atoms with Crippen molar-refractivity contribution in [1.29, 1.82) is 0 Å². The van der Waals surface area contributed by atoms with Crippen LogP contribution in [0.2, 0.25) is 0 Å². The quantitative estimate of drug-likeness (QED) is 0.755. The van der Waals surface area contributed by atoms with Crippen molar-refractivity contribution in [2.45, 2.75) is 33.2 Å². The minimum atomic E-state index is -0.108. The predicted molar refractivity (Wildman–Crippen MR) is 52.4 cm³/mol. The zero-order chi connectivity index (χ0) is 10.6. The Balaban J connectivity index is 2.41. The fourth-order valence-electron chi connectivity index (χ4n) is 1.16. The standard InChI is InChI=1S/C9H16N4O/c1-6(2)4-8(14)12-7(3)9-10-5-11-13-9/h5-7H,4H2,1-3H3,(H,12,14)(H,10,11,13). The van der Waals surface area contributed by atoms with Gasteiger partial charge in [-0.3, -0.25) is 9.89 Å². The Morgan fingerprint density at radius 3 is 2.79 bits per heavy atom. The first-order valence-corrected chi connectivity index (χ1v) is 4.74. The Labute approximate surface area is 83.3 Å². The molecule has 0 aliphatic carbocycles. The number of nitrogens with zero attached hydrogens (tertiary/aromatic N) is 2. The molecule has 0 aliphatic heterocycles. The lowest BCUT2D eigenvalue weighted by Gasteiger charge is -2.11. The number of hydrogen-bond acceptors (Lipinski definition) is 3. The van der Waals surface area contributed by atoms with Gasteiger partial charge in [0.25, 0.3) is 0 Å². The molecule has 1 aromatic rings. The van der Waals surface area contributed by atoms with Gasteiger partial charge < -0.3 is 5.32 Å². The second kappa shape index (κ2) is 4.74. The van der Waals surface area contributed by atoms with Crippen LogP contribution in [-0.2, 0) is 4.79 Å². The second-order valence-corrected chi connectivity index (χ2v) is 3.76. The minimum Gasteiger partial charge on any atom is -0.346 e. The summed E-state index contributed by atoms with van der Waals surface area (Å²) in [6.07, 6.45) is 1.97. The van der Waals surface area contributed by atoms with Crippen LogP contribution in [0.4, 0.5) is 0 Å². The molecule has 1 atom stereocenters. The Morgan fingerprint density at radius 1 is 1.57 bits per heavy atom. The summed E-state index contributed by atoms with van der Waals surface area (Å²) < 4.78 is 0. The van der Waals surface area contributed by atoms with E-state index in [4.69, 9.17) is 0 Å². The zero-order valence-electron chi connectivity index (χ0n) is 8.74. The van der Waals surface area contributed by atoms with Crippen molar-refractivity contribution >= 4 is 5.91 Å². The number of aromatic nitrogens is 3. The number of nitrogens with one attached hydrogen (secondary N) is 2. The van der Waals surface area contributed by atoms with Crippen molar-refractivity contribution in [3.05, 3.63) is 12.2 Å². The number of hydrogen-bond donors (Lipinski definition) is 2. The van der Waals surface area contributed by atoms with Crippen molar-refractivity contribution < 1.29 is 4.79 Å². The Morgan fingerprint density at radius 2 is 2.29 bits per heavy atom. The molecule has 0 bridgehead atoms. The van der Waals surface area contributed by atoms with Gasteiger partial charge in [-0.15, -0.1) is 0 Å². The molecule has 1 aromatic heterocycles. The molecule has 2 N–H and O–H groups in total. The van der Waals surface area contributed by atoms with Crippen LogP contribution in [0.3, 0.4) is 0 Å². The first-order chi connectivity index (χ1) is 6.59. The summed E-state index contributed by atoms with van der Waals surface area (Å²) in [7, 11) is 0. The van der Waals surface area contributed by atoms with Crippen LogP contribution >= 0.6 is 0 Å². The molecule has 1 rings (SSSR count). The molecule has 0 spiro atoms. The van der Waals surface area contributed by atoms with E-state index in [0.29, 0.717) is 18.2 Å². The normalized spacial score (nSPS) is 12.9. The maximum absolute atomic E-state index is 11.4. The van der Waals surface area contributed by atoms with E-state index >= 15 is 0 Å². The third-order valence-electron chi connectivity index (χ3n) is 1.81. The van der Waals surface area contributed by atoms with Gasteiger partial charge in [-0.2, -0.15) is 5.10 Å². The van der Waals surface area contributed by atoms with Crippen molar-refractivity contribution in [2.24, 2.45) is 5.92 Å². The van der Waals surface area contributed by atoms with Crippen LogP contribution in [0.1, 0.15) is 39.1 Å². The second-order valence-electron chi connectivity index (χ2n) is 3.76. The Hall–Kier alpha value is -1.39. The topological polar surface area (TPSA) is 70.7 Å². The van der Waals surface area contributed by atoms with Crippen molar-refractivity contribution in [1.82, 2.24) is 20.5 Å². The summed E-state index contributed by atoms with van der Waals surface area (Å²) >= 11 is 0. The molecule has 0 aromatic carbocycles. The molecule has 1 unspecified atom stereocenters. The van der Waals surface area contributed by atoms with Gasteiger partial charge in [-0.1, -0.05) is 13.8 Å². The van der Waals surface area contributed by atoms with Gasteiger partial charge in [0.15, 0.2) is 0 Å². The van der Waals surface area contributed by atoms with E-state index in [1.54, 1.807) is 0 Å². The summed E-state index contributed by atoms with van der Waals surface area (Å²) in [5.41, 5.74) is 0. The Kier molecular flexibility index (Phi) is 3.62. The summed E-state index contributed by atoms with van der Waals surface area (Å²) in [6.45, 7) is 5.90. The summed E-state index contributed by atoms with van der Waals surface area (Å²) in [6, 6.07) is -0.108. The number of carbonyl (C=O) groups is 1. The average Bonchev–Trinajstić information content (AvgIpc) is 2.53. The van der Waals surface area contributed by atoms with Gasteiger partial charge in [-0.25, -0.2) is 4.98 Å². The van der Waals surface area contributed by atoms with Gasteiger partial charge in [0.1, 0.15) is 12.2 Å². The van der Waals surface area contributed by atoms with Crippen LogP contribution in [0.5, 0.6) is 0 Å². The molecular weight excluding hydrogens is 180 g/mol. The van der Waals surface area contributed by atoms with E-state index in [1.165, 1.54) is 6.33 Å².